The highest BCUT2D eigenvalue weighted by atomic mass is 15.0. The molecule has 0 fully saturated rings. The summed E-state index contributed by atoms with van der Waals surface area (Å²) in [5.41, 5.74) is 7.88. The summed E-state index contributed by atoms with van der Waals surface area (Å²) in [4.78, 5) is 2.20. The molecule has 0 aromatic heterocycles. The average Bonchev–Trinajstić information content (AvgIpc) is 2.03. The summed E-state index contributed by atoms with van der Waals surface area (Å²) in [5.74, 6) is 0. The van der Waals surface area contributed by atoms with Crippen molar-refractivity contribution in [3.8, 4) is 0 Å². The predicted molar refractivity (Wildman–Crippen MR) is 57.7 cm³/mol. The number of hydrogen-bond acceptors (Lipinski definition) is 2. The second-order valence-corrected chi connectivity index (χ2v) is 3.65. The molecule has 0 heterocycles. The lowest BCUT2D eigenvalue weighted by atomic mass is 10.1. The van der Waals surface area contributed by atoms with Gasteiger partial charge in [0.05, 0.1) is 0 Å². The van der Waals surface area contributed by atoms with Crippen LogP contribution in [0.1, 0.15) is 12.0 Å². The van der Waals surface area contributed by atoms with Gasteiger partial charge in [-0.3, -0.25) is 0 Å². The molecule has 2 heteroatoms. The summed E-state index contributed by atoms with van der Waals surface area (Å²) in [6, 6.07) is 8.12. The number of hydrogen-bond donors (Lipinski definition) is 1. The number of benzene rings is 1. The number of nitrogens with two attached hydrogens (primary N) is 1. The first-order valence-corrected chi connectivity index (χ1v) is 4.67. The number of rotatable bonds is 4. The van der Waals surface area contributed by atoms with Crippen LogP contribution in [0.2, 0.25) is 0 Å². The van der Waals surface area contributed by atoms with E-state index in [1.165, 1.54) is 12.0 Å². The predicted octanol–water partition coefficient (Wildman–Crippen LogP) is 1.76. The second kappa shape index (κ2) is 4.87. The molecule has 0 saturated heterocycles. The van der Waals surface area contributed by atoms with E-state index in [9.17, 15) is 0 Å². The zero-order valence-corrected chi connectivity index (χ0v) is 8.46. The monoisotopic (exact) mass is 178 g/mol. The van der Waals surface area contributed by atoms with Gasteiger partial charge in [0.2, 0.25) is 0 Å². The Balaban J connectivity index is 2.37. The van der Waals surface area contributed by atoms with Crippen molar-refractivity contribution in [3.63, 3.8) is 0 Å². The molecule has 0 spiro atoms. The summed E-state index contributed by atoms with van der Waals surface area (Å²) in [7, 11) is 4.19. The van der Waals surface area contributed by atoms with E-state index in [1.54, 1.807) is 0 Å². The smallest absolute Gasteiger partial charge is 0.0316 e. The van der Waals surface area contributed by atoms with Crippen LogP contribution < -0.4 is 5.73 Å². The summed E-state index contributed by atoms with van der Waals surface area (Å²) in [6.45, 7) is 1.13. The number of aryl methyl sites for hydroxylation is 1. The highest BCUT2D eigenvalue weighted by Gasteiger charge is 1.94. The molecule has 72 valence electrons. The first-order chi connectivity index (χ1) is 6.18. The summed E-state index contributed by atoms with van der Waals surface area (Å²) in [5, 5.41) is 0. The van der Waals surface area contributed by atoms with Crippen molar-refractivity contribution >= 4 is 5.69 Å². The van der Waals surface area contributed by atoms with E-state index in [1.807, 2.05) is 12.1 Å². The van der Waals surface area contributed by atoms with Gasteiger partial charge in [0.15, 0.2) is 0 Å². The number of nitrogens with zero attached hydrogens (tertiary/aromatic N) is 1. The van der Waals surface area contributed by atoms with E-state index in [0.29, 0.717) is 0 Å². The maximum atomic E-state index is 5.68. The maximum absolute atomic E-state index is 5.68. The van der Waals surface area contributed by atoms with Gasteiger partial charge in [-0.1, -0.05) is 12.1 Å². The number of anilines is 1. The lowest BCUT2D eigenvalue weighted by Crippen LogP contribution is -2.13. The second-order valence-electron chi connectivity index (χ2n) is 3.65. The Morgan fingerprint density at radius 1 is 1.31 bits per heavy atom. The lowest BCUT2D eigenvalue weighted by molar-refractivity contribution is 0.400. The first-order valence-electron chi connectivity index (χ1n) is 4.67. The standard InChI is InChI=1S/C11H18N2/c1-13(2)8-4-6-10-5-3-7-11(12)9-10/h3,5,7,9H,4,6,8,12H2,1-2H3. The Morgan fingerprint density at radius 3 is 2.69 bits per heavy atom. The number of nitrogen functional groups attached to an aromatic ring is 1. The molecular weight excluding hydrogens is 160 g/mol. The molecule has 0 atom stereocenters. The molecule has 0 unspecified atom stereocenters. The topological polar surface area (TPSA) is 29.3 Å². The molecule has 2 N–H and O–H groups in total. The molecule has 1 aromatic carbocycles. The first kappa shape index (κ1) is 10.1. The lowest BCUT2D eigenvalue weighted by Gasteiger charge is -2.08. The van der Waals surface area contributed by atoms with Gasteiger partial charge in [0, 0.05) is 5.69 Å². The van der Waals surface area contributed by atoms with Crippen molar-refractivity contribution in [2.45, 2.75) is 12.8 Å². The molecular formula is C11H18N2. The quantitative estimate of drug-likeness (QED) is 0.712. The van der Waals surface area contributed by atoms with Gasteiger partial charge in [-0.25, -0.2) is 0 Å². The van der Waals surface area contributed by atoms with E-state index in [2.05, 4.69) is 31.1 Å². The normalized spacial score (nSPS) is 10.7. The third kappa shape index (κ3) is 3.95. The molecule has 1 rings (SSSR count). The SMILES string of the molecule is CN(C)CCCc1cccc(N)c1. The molecule has 0 aliphatic rings. The zero-order valence-electron chi connectivity index (χ0n) is 8.46. The van der Waals surface area contributed by atoms with Gasteiger partial charge >= 0.3 is 0 Å². The summed E-state index contributed by atoms with van der Waals surface area (Å²) in [6.07, 6.45) is 2.31. The van der Waals surface area contributed by atoms with Crippen LogP contribution in [0.3, 0.4) is 0 Å². The molecule has 0 radical (unpaired) electrons. The molecule has 13 heavy (non-hydrogen) atoms. The fraction of sp³-hybridized carbons (Fsp3) is 0.455. The van der Waals surface area contributed by atoms with Crippen LogP contribution >= 0.6 is 0 Å². The van der Waals surface area contributed by atoms with Crippen molar-refractivity contribution in [1.29, 1.82) is 0 Å². The summed E-state index contributed by atoms with van der Waals surface area (Å²) < 4.78 is 0. The fourth-order valence-corrected chi connectivity index (χ4v) is 1.35. The van der Waals surface area contributed by atoms with E-state index in [0.717, 1.165) is 18.7 Å². The van der Waals surface area contributed by atoms with Crippen LogP contribution in [0.25, 0.3) is 0 Å². The van der Waals surface area contributed by atoms with Crippen LogP contribution in [-0.4, -0.2) is 25.5 Å². The van der Waals surface area contributed by atoms with Crippen LogP contribution in [0, 0.1) is 0 Å². The van der Waals surface area contributed by atoms with Crippen molar-refractivity contribution in [3.05, 3.63) is 29.8 Å². The molecule has 0 amide bonds. The Morgan fingerprint density at radius 2 is 2.08 bits per heavy atom. The highest BCUT2D eigenvalue weighted by molar-refractivity contribution is 5.40. The Bertz CT molecular complexity index is 256. The molecule has 2 nitrogen and oxygen atoms in total. The Kier molecular flexibility index (Phi) is 3.77. The fourth-order valence-electron chi connectivity index (χ4n) is 1.35. The van der Waals surface area contributed by atoms with Crippen LogP contribution in [0.5, 0.6) is 0 Å². The van der Waals surface area contributed by atoms with Crippen molar-refractivity contribution in [1.82, 2.24) is 4.90 Å². The molecule has 0 bridgehead atoms. The summed E-state index contributed by atoms with van der Waals surface area (Å²) >= 11 is 0. The largest absolute Gasteiger partial charge is 0.399 e. The Hall–Kier alpha value is -1.02. The van der Waals surface area contributed by atoms with Gasteiger partial charge < -0.3 is 10.6 Å². The minimum atomic E-state index is 0.863. The van der Waals surface area contributed by atoms with E-state index >= 15 is 0 Å². The third-order valence-corrected chi connectivity index (χ3v) is 2.02. The van der Waals surface area contributed by atoms with Crippen LogP contribution in [-0.2, 0) is 6.42 Å². The minimum absolute atomic E-state index is 0.863. The van der Waals surface area contributed by atoms with E-state index < -0.39 is 0 Å². The third-order valence-electron chi connectivity index (χ3n) is 2.02. The minimum Gasteiger partial charge on any atom is -0.399 e. The van der Waals surface area contributed by atoms with E-state index in [4.69, 9.17) is 5.73 Å². The average molecular weight is 178 g/mol. The van der Waals surface area contributed by atoms with Gasteiger partial charge in [-0.05, 0) is 51.2 Å². The van der Waals surface area contributed by atoms with E-state index in [-0.39, 0.29) is 0 Å². The van der Waals surface area contributed by atoms with Crippen LogP contribution in [0.15, 0.2) is 24.3 Å². The molecule has 0 aliphatic carbocycles. The van der Waals surface area contributed by atoms with Crippen molar-refractivity contribution < 1.29 is 0 Å². The zero-order chi connectivity index (χ0) is 9.68. The molecule has 1 aromatic rings. The highest BCUT2D eigenvalue weighted by Crippen LogP contribution is 2.08. The van der Waals surface area contributed by atoms with Gasteiger partial charge in [0.1, 0.15) is 0 Å². The van der Waals surface area contributed by atoms with Crippen molar-refractivity contribution in [2.75, 3.05) is 26.4 Å². The maximum Gasteiger partial charge on any atom is 0.0316 e. The van der Waals surface area contributed by atoms with Crippen LogP contribution in [0.4, 0.5) is 5.69 Å². The van der Waals surface area contributed by atoms with Gasteiger partial charge in [-0.15, -0.1) is 0 Å². The Labute approximate surface area is 80.4 Å². The molecule has 0 aliphatic heterocycles. The van der Waals surface area contributed by atoms with Crippen molar-refractivity contribution in [2.24, 2.45) is 0 Å². The van der Waals surface area contributed by atoms with Gasteiger partial charge in [0.25, 0.3) is 0 Å². The van der Waals surface area contributed by atoms with Gasteiger partial charge in [-0.2, -0.15) is 0 Å². The molecule has 0 saturated carbocycles.